The molecule has 0 amide bonds. The van der Waals surface area contributed by atoms with Crippen LogP contribution in [0.3, 0.4) is 0 Å². The van der Waals surface area contributed by atoms with Crippen LogP contribution >= 0.6 is 11.8 Å². The van der Waals surface area contributed by atoms with E-state index in [1.165, 1.54) is 104 Å². The monoisotopic (exact) mass is 692 g/mol. The zero-order valence-electron chi connectivity index (χ0n) is 29.5. The SMILES string of the molecule is CC1(C)c2ccccc2-c2c1cc1c3c2-c2cc4ccccc4cc2N(c2ccc(-c4ccccc4)cc2)B3c2cccc3c2N1c1ccccc1S3. The van der Waals surface area contributed by atoms with Crippen molar-refractivity contribution in [3.8, 4) is 33.4 Å². The smallest absolute Gasteiger partial charge is 0.333 e. The molecule has 0 radical (unpaired) electrons. The molecule has 0 spiro atoms. The number of anilines is 5. The molecular formula is C49H33BN2S. The van der Waals surface area contributed by atoms with Crippen molar-refractivity contribution in [2.75, 3.05) is 9.71 Å². The molecule has 0 unspecified atom stereocenters. The van der Waals surface area contributed by atoms with Crippen LogP contribution in [0.2, 0.25) is 0 Å². The fourth-order valence-corrected chi connectivity index (χ4v) is 10.9. The lowest BCUT2D eigenvalue weighted by molar-refractivity contribution is 0.660. The van der Waals surface area contributed by atoms with Crippen molar-refractivity contribution in [2.45, 2.75) is 29.1 Å². The first-order valence-electron chi connectivity index (χ1n) is 18.6. The Bertz CT molecular complexity index is 2860. The largest absolute Gasteiger partial charge is 0.376 e. The van der Waals surface area contributed by atoms with Gasteiger partial charge in [-0.2, -0.15) is 0 Å². The van der Waals surface area contributed by atoms with Gasteiger partial charge in [0.25, 0.3) is 0 Å². The van der Waals surface area contributed by atoms with Gasteiger partial charge in [0.15, 0.2) is 0 Å². The van der Waals surface area contributed by atoms with E-state index in [-0.39, 0.29) is 12.3 Å². The Morgan fingerprint density at radius 1 is 0.509 bits per heavy atom. The molecule has 4 heteroatoms. The zero-order valence-corrected chi connectivity index (χ0v) is 30.3. The van der Waals surface area contributed by atoms with Gasteiger partial charge in [0.1, 0.15) is 0 Å². The minimum atomic E-state index is -0.155. The van der Waals surface area contributed by atoms with Crippen LogP contribution < -0.4 is 20.6 Å². The Morgan fingerprint density at radius 3 is 2.06 bits per heavy atom. The van der Waals surface area contributed by atoms with Crippen molar-refractivity contribution in [1.29, 1.82) is 0 Å². The maximum Gasteiger partial charge on any atom is 0.333 e. The van der Waals surface area contributed by atoms with Crippen LogP contribution in [0.15, 0.2) is 174 Å². The molecule has 8 aromatic carbocycles. The average Bonchev–Trinajstić information content (AvgIpc) is 3.44. The highest BCUT2D eigenvalue weighted by molar-refractivity contribution is 7.99. The standard InChI is InChI=1S/C49H33BN2S/c1-49(2)37-18-9-8-17-35(37)45-38(49)29-42-47-46(45)36-27-32-15-6-7-16-33(32)28-41(36)52(34-25-23-31(24-26-34)30-13-4-3-5-14-30)50(47)39-19-12-22-44-48(39)51(42)40-20-10-11-21-43(40)53-44/h3-29H,1-2H3. The van der Waals surface area contributed by atoms with E-state index in [9.17, 15) is 0 Å². The molecule has 2 nitrogen and oxygen atoms in total. The molecule has 0 bridgehead atoms. The van der Waals surface area contributed by atoms with E-state index < -0.39 is 0 Å². The second-order valence-electron chi connectivity index (χ2n) is 15.3. The Labute approximate surface area is 314 Å². The lowest BCUT2D eigenvalue weighted by Gasteiger charge is -2.48. The van der Waals surface area contributed by atoms with Gasteiger partial charge in [0, 0.05) is 37.8 Å². The summed E-state index contributed by atoms with van der Waals surface area (Å²) in [5.41, 5.74) is 19.6. The van der Waals surface area contributed by atoms with E-state index in [1.54, 1.807) is 0 Å². The lowest BCUT2D eigenvalue weighted by Crippen LogP contribution is -2.62. The lowest BCUT2D eigenvalue weighted by atomic mass is 9.43. The van der Waals surface area contributed by atoms with Crippen molar-refractivity contribution in [2.24, 2.45) is 0 Å². The predicted octanol–water partition coefficient (Wildman–Crippen LogP) is 12.0. The summed E-state index contributed by atoms with van der Waals surface area (Å²) in [4.78, 5) is 7.86. The number of nitrogens with zero attached hydrogens (tertiary/aromatic N) is 2. The molecule has 8 aromatic rings. The molecule has 0 atom stereocenters. The first-order chi connectivity index (χ1) is 26.1. The van der Waals surface area contributed by atoms with E-state index in [1.807, 2.05) is 11.8 Å². The molecular weight excluding hydrogens is 659 g/mol. The minimum Gasteiger partial charge on any atom is -0.376 e. The topological polar surface area (TPSA) is 6.48 Å². The number of para-hydroxylation sites is 2. The van der Waals surface area contributed by atoms with Gasteiger partial charge in [-0.1, -0.05) is 141 Å². The zero-order chi connectivity index (χ0) is 35.0. The second-order valence-corrected chi connectivity index (χ2v) is 16.4. The van der Waals surface area contributed by atoms with Crippen molar-refractivity contribution in [3.05, 3.63) is 175 Å². The van der Waals surface area contributed by atoms with Crippen LogP contribution in [0.1, 0.15) is 25.0 Å². The van der Waals surface area contributed by atoms with Crippen molar-refractivity contribution < 1.29 is 0 Å². The van der Waals surface area contributed by atoms with Gasteiger partial charge < -0.3 is 9.71 Å². The summed E-state index contributed by atoms with van der Waals surface area (Å²) in [6.07, 6.45) is 0. The van der Waals surface area contributed by atoms with Gasteiger partial charge in [-0.25, -0.2) is 0 Å². The van der Waals surface area contributed by atoms with E-state index >= 15 is 0 Å². The van der Waals surface area contributed by atoms with Crippen LogP contribution in [0.5, 0.6) is 0 Å². The number of hydrogen-bond donors (Lipinski definition) is 0. The third-order valence-corrected chi connectivity index (χ3v) is 13.3. The predicted molar refractivity (Wildman–Crippen MR) is 225 cm³/mol. The number of benzene rings is 8. The van der Waals surface area contributed by atoms with Gasteiger partial charge >= 0.3 is 6.85 Å². The van der Waals surface area contributed by atoms with Gasteiger partial charge in [0.2, 0.25) is 0 Å². The van der Waals surface area contributed by atoms with Crippen LogP contribution in [-0.2, 0) is 5.41 Å². The molecule has 0 aromatic heterocycles. The van der Waals surface area contributed by atoms with Crippen LogP contribution in [-0.4, -0.2) is 6.85 Å². The molecule has 53 heavy (non-hydrogen) atoms. The molecule has 4 aliphatic rings. The highest BCUT2D eigenvalue weighted by atomic mass is 32.2. The molecule has 0 saturated carbocycles. The Morgan fingerprint density at radius 2 is 1.21 bits per heavy atom. The van der Waals surface area contributed by atoms with Gasteiger partial charge in [-0.05, 0) is 109 Å². The molecule has 3 heterocycles. The summed E-state index contributed by atoms with van der Waals surface area (Å²) in [6, 6.07) is 61.4. The van der Waals surface area contributed by atoms with Crippen LogP contribution in [0.4, 0.5) is 28.4 Å². The third-order valence-electron chi connectivity index (χ3n) is 12.2. The van der Waals surface area contributed by atoms with Crippen molar-refractivity contribution in [1.82, 2.24) is 0 Å². The fourth-order valence-electron chi connectivity index (χ4n) is 9.81. The Balaban J connectivity index is 1.24. The highest BCUT2D eigenvalue weighted by Crippen LogP contribution is 2.60. The van der Waals surface area contributed by atoms with Gasteiger partial charge in [-0.3, -0.25) is 0 Å². The molecule has 12 rings (SSSR count). The molecule has 0 saturated heterocycles. The first-order valence-corrected chi connectivity index (χ1v) is 19.4. The summed E-state index contributed by atoms with van der Waals surface area (Å²) in [7, 11) is 0. The van der Waals surface area contributed by atoms with Crippen molar-refractivity contribution in [3.63, 3.8) is 0 Å². The summed E-state index contributed by atoms with van der Waals surface area (Å²) in [5, 5.41) is 2.52. The number of fused-ring (bicyclic) bond motifs is 11. The molecule has 0 N–H and O–H groups in total. The average molecular weight is 693 g/mol. The minimum absolute atomic E-state index is 0.0329. The number of rotatable bonds is 2. The van der Waals surface area contributed by atoms with Crippen LogP contribution in [0.25, 0.3) is 44.2 Å². The molecule has 0 fully saturated rings. The first kappa shape index (κ1) is 29.6. The maximum atomic E-state index is 2.65. The summed E-state index contributed by atoms with van der Waals surface area (Å²) < 4.78 is 0. The third kappa shape index (κ3) is 3.91. The summed E-state index contributed by atoms with van der Waals surface area (Å²) >= 11 is 1.90. The van der Waals surface area contributed by atoms with Gasteiger partial charge in [-0.15, -0.1) is 0 Å². The van der Waals surface area contributed by atoms with E-state index in [4.69, 9.17) is 0 Å². The van der Waals surface area contributed by atoms with E-state index in [2.05, 4.69) is 187 Å². The molecule has 1 aliphatic carbocycles. The number of hydrogen-bond acceptors (Lipinski definition) is 3. The summed E-state index contributed by atoms with van der Waals surface area (Å²) in [6.45, 7) is 4.80. The van der Waals surface area contributed by atoms with Crippen molar-refractivity contribution >= 4 is 68.7 Å². The fraction of sp³-hybridized carbons (Fsp3) is 0.0612. The normalized spacial score (nSPS) is 14.9. The quantitative estimate of drug-likeness (QED) is 0.167. The Kier molecular flexibility index (Phi) is 5.90. The van der Waals surface area contributed by atoms with E-state index in [0.717, 1.165) is 0 Å². The van der Waals surface area contributed by atoms with E-state index in [0.29, 0.717) is 0 Å². The highest BCUT2D eigenvalue weighted by Gasteiger charge is 2.50. The van der Waals surface area contributed by atoms with Gasteiger partial charge in [0.05, 0.1) is 11.4 Å². The maximum absolute atomic E-state index is 2.65. The summed E-state index contributed by atoms with van der Waals surface area (Å²) in [5.74, 6) is 0. The molecule has 248 valence electrons. The Hall–Kier alpha value is -5.97. The molecule has 3 aliphatic heterocycles. The van der Waals surface area contributed by atoms with Crippen LogP contribution in [0, 0.1) is 0 Å². The second kappa shape index (κ2) is 10.6.